The molecule has 3 aromatic rings. The molecule has 0 unspecified atom stereocenters. The Kier molecular flexibility index (Phi) is 5.46. The lowest BCUT2D eigenvalue weighted by molar-refractivity contribution is 0.0598. The van der Waals surface area contributed by atoms with Gasteiger partial charge >= 0.3 is 5.97 Å². The van der Waals surface area contributed by atoms with Crippen LogP contribution in [0.3, 0.4) is 0 Å². The van der Waals surface area contributed by atoms with Gasteiger partial charge in [-0.05, 0) is 43.2 Å². The summed E-state index contributed by atoms with van der Waals surface area (Å²) in [5.41, 5.74) is 3.14. The molecule has 0 aliphatic rings. The van der Waals surface area contributed by atoms with Gasteiger partial charge in [-0.3, -0.25) is 4.98 Å². The van der Waals surface area contributed by atoms with Gasteiger partial charge in [-0.25, -0.2) is 13.6 Å². The van der Waals surface area contributed by atoms with Gasteiger partial charge in [-0.15, -0.1) is 0 Å². The van der Waals surface area contributed by atoms with Crippen LogP contribution in [0.1, 0.15) is 40.1 Å². The van der Waals surface area contributed by atoms with Crippen molar-refractivity contribution in [2.24, 2.45) is 0 Å². The number of carbonyl (C=O) groups is 1. The summed E-state index contributed by atoms with van der Waals surface area (Å²) in [4.78, 5) is 16.9. The molecule has 2 aromatic carbocycles. The van der Waals surface area contributed by atoms with Gasteiger partial charge < -0.3 is 10.1 Å². The maximum absolute atomic E-state index is 13.5. The minimum absolute atomic E-state index is 0.265. The molecule has 1 aromatic heterocycles. The molecule has 0 fully saturated rings. The quantitative estimate of drug-likeness (QED) is 0.674. The van der Waals surface area contributed by atoms with Crippen LogP contribution in [-0.4, -0.2) is 18.1 Å². The largest absolute Gasteiger partial charge is 0.465 e. The first-order valence-corrected chi connectivity index (χ1v) is 8.57. The van der Waals surface area contributed by atoms with E-state index in [9.17, 15) is 13.6 Å². The molecule has 27 heavy (non-hydrogen) atoms. The Morgan fingerprint density at radius 2 is 1.93 bits per heavy atom. The van der Waals surface area contributed by atoms with E-state index in [4.69, 9.17) is 4.74 Å². The fourth-order valence-corrected chi connectivity index (χ4v) is 3.09. The summed E-state index contributed by atoms with van der Waals surface area (Å²) < 4.78 is 31.5. The van der Waals surface area contributed by atoms with Crippen molar-refractivity contribution in [2.45, 2.75) is 26.4 Å². The number of carbonyl (C=O) groups excluding carboxylic acids is 1. The summed E-state index contributed by atoms with van der Waals surface area (Å²) in [6, 6.07) is 11.1. The first-order chi connectivity index (χ1) is 12.9. The molecule has 3 rings (SSSR count). The normalized spacial score (nSPS) is 12.2. The molecule has 4 nitrogen and oxygen atoms in total. The zero-order valence-electron chi connectivity index (χ0n) is 15.3. The topological polar surface area (TPSA) is 51.2 Å². The molecule has 0 saturated heterocycles. The number of methoxy groups -OCH3 is 1. The second-order valence-electron chi connectivity index (χ2n) is 6.34. The van der Waals surface area contributed by atoms with Gasteiger partial charge in [0.05, 0.1) is 23.9 Å². The van der Waals surface area contributed by atoms with E-state index in [0.29, 0.717) is 16.8 Å². The average molecular weight is 370 g/mol. The second-order valence-corrected chi connectivity index (χ2v) is 6.34. The third kappa shape index (κ3) is 3.80. The smallest absolute Gasteiger partial charge is 0.340 e. The number of ether oxygens (including phenoxy) is 1. The minimum atomic E-state index is -0.893. The highest BCUT2D eigenvalue weighted by Crippen LogP contribution is 2.24. The molecule has 6 heteroatoms. The summed E-state index contributed by atoms with van der Waals surface area (Å²) in [5.74, 6) is -2.23. The summed E-state index contributed by atoms with van der Waals surface area (Å²) in [5, 5.41) is 4.10. The average Bonchev–Trinajstić information content (AvgIpc) is 2.67. The molecular weight excluding hydrogens is 350 g/mol. The molecule has 140 valence electrons. The highest BCUT2D eigenvalue weighted by molar-refractivity contribution is 5.98. The monoisotopic (exact) mass is 370 g/mol. The van der Waals surface area contributed by atoms with Gasteiger partial charge in [0.25, 0.3) is 0 Å². The van der Waals surface area contributed by atoms with E-state index in [1.165, 1.54) is 13.2 Å². The highest BCUT2D eigenvalue weighted by atomic mass is 19.2. The summed E-state index contributed by atoms with van der Waals surface area (Å²) >= 11 is 0. The lowest BCUT2D eigenvalue weighted by Crippen LogP contribution is -2.22. The molecule has 0 spiro atoms. The maximum atomic E-state index is 13.5. The van der Waals surface area contributed by atoms with Crippen molar-refractivity contribution < 1.29 is 18.3 Å². The van der Waals surface area contributed by atoms with Crippen LogP contribution >= 0.6 is 0 Å². The van der Waals surface area contributed by atoms with Crippen molar-refractivity contribution in [3.8, 4) is 0 Å². The predicted molar refractivity (Wildman–Crippen MR) is 99.4 cm³/mol. The predicted octanol–water partition coefficient (Wildman–Crippen LogP) is 4.46. The van der Waals surface area contributed by atoms with Crippen LogP contribution < -0.4 is 5.32 Å². The number of aryl methyl sites for hydroxylation is 1. The molecular formula is C21H20F2N2O2. The second kappa shape index (κ2) is 7.80. The van der Waals surface area contributed by atoms with Gasteiger partial charge in [-0.1, -0.05) is 24.3 Å². The first kappa shape index (κ1) is 18.9. The third-order valence-corrected chi connectivity index (χ3v) is 4.64. The van der Waals surface area contributed by atoms with Gasteiger partial charge in [0.15, 0.2) is 11.6 Å². The number of esters is 1. The van der Waals surface area contributed by atoms with Crippen LogP contribution in [0.15, 0.2) is 42.5 Å². The van der Waals surface area contributed by atoms with E-state index in [0.717, 1.165) is 28.6 Å². The van der Waals surface area contributed by atoms with Crippen molar-refractivity contribution in [1.82, 2.24) is 10.3 Å². The van der Waals surface area contributed by atoms with Crippen molar-refractivity contribution >= 4 is 16.9 Å². The number of hydrogen-bond donors (Lipinski definition) is 1. The van der Waals surface area contributed by atoms with Gasteiger partial charge in [0, 0.05) is 18.0 Å². The molecule has 0 saturated carbocycles. The zero-order chi connectivity index (χ0) is 19.6. The molecule has 1 atom stereocenters. The molecule has 0 bridgehead atoms. The van der Waals surface area contributed by atoms with Crippen LogP contribution in [0.2, 0.25) is 0 Å². The number of para-hydroxylation sites is 1. The summed E-state index contributed by atoms with van der Waals surface area (Å²) in [6.45, 7) is 3.97. The third-order valence-electron chi connectivity index (χ3n) is 4.64. The van der Waals surface area contributed by atoms with Gasteiger partial charge in [0.1, 0.15) is 0 Å². The number of benzene rings is 2. The molecule has 0 amide bonds. The van der Waals surface area contributed by atoms with Crippen molar-refractivity contribution in [3.63, 3.8) is 0 Å². The number of pyridine rings is 1. The first-order valence-electron chi connectivity index (χ1n) is 8.57. The Labute approximate surface area is 156 Å². The Bertz CT molecular complexity index is 1000. The van der Waals surface area contributed by atoms with Crippen LogP contribution in [0.4, 0.5) is 8.78 Å². The van der Waals surface area contributed by atoms with E-state index in [1.807, 2.05) is 38.1 Å². The Hall–Kier alpha value is -2.86. The Balaban J connectivity index is 1.93. The summed E-state index contributed by atoms with van der Waals surface area (Å²) in [6.07, 6.45) is 0. The van der Waals surface area contributed by atoms with E-state index in [1.54, 1.807) is 0 Å². The molecule has 0 aliphatic carbocycles. The summed E-state index contributed by atoms with van der Waals surface area (Å²) in [7, 11) is 1.33. The highest BCUT2D eigenvalue weighted by Gasteiger charge is 2.20. The number of nitrogens with zero attached hydrogens (tertiary/aromatic N) is 1. The molecule has 0 aliphatic heterocycles. The number of halogens is 2. The van der Waals surface area contributed by atoms with Crippen molar-refractivity contribution in [1.29, 1.82) is 0 Å². The van der Waals surface area contributed by atoms with E-state index in [-0.39, 0.29) is 12.6 Å². The number of hydrogen-bond acceptors (Lipinski definition) is 4. The van der Waals surface area contributed by atoms with Gasteiger partial charge in [-0.2, -0.15) is 0 Å². The van der Waals surface area contributed by atoms with Crippen LogP contribution in [-0.2, 0) is 11.3 Å². The number of fused-ring (bicyclic) bond motifs is 1. The maximum Gasteiger partial charge on any atom is 0.340 e. The molecule has 0 radical (unpaired) electrons. The van der Waals surface area contributed by atoms with E-state index in [2.05, 4.69) is 10.3 Å². The standard InChI is InChI=1S/C21H20F2N2O2/c1-12-15-6-4-5-7-18(15)25-19(20(12)21(26)27-3)11-24-13(2)14-8-9-16(22)17(23)10-14/h4-10,13,24H,11H2,1-3H3/t13-/m1/s1. The lowest BCUT2D eigenvalue weighted by Gasteiger charge is -2.17. The van der Waals surface area contributed by atoms with Crippen LogP contribution in [0.25, 0.3) is 10.9 Å². The van der Waals surface area contributed by atoms with Crippen molar-refractivity contribution in [3.05, 3.63) is 76.5 Å². The fourth-order valence-electron chi connectivity index (χ4n) is 3.09. The number of rotatable bonds is 5. The minimum Gasteiger partial charge on any atom is -0.465 e. The Morgan fingerprint density at radius 1 is 1.19 bits per heavy atom. The molecule has 1 heterocycles. The fraction of sp³-hybridized carbons (Fsp3) is 0.238. The Morgan fingerprint density at radius 3 is 2.63 bits per heavy atom. The van der Waals surface area contributed by atoms with Gasteiger partial charge in [0.2, 0.25) is 0 Å². The zero-order valence-corrected chi connectivity index (χ0v) is 15.3. The number of nitrogens with one attached hydrogen (secondary N) is 1. The van der Waals surface area contributed by atoms with E-state index >= 15 is 0 Å². The number of aromatic nitrogens is 1. The van der Waals surface area contributed by atoms with Crippen LogP contribution in [0.5, 0.6) is 0 Å². The van der Waals surface area contributed by atoms with Crippen LogP contribution in [0, 0.1) is 18.6 Å². The van der Waals surface area contributed by atoms with E-state index < -0.39 is 17.6 Å². The molecule has 1 N–H and O–H groups in total. The lowest BCUT2D eigenvalue weighted by atomic mass is 10.0. The SMILES string of the molecule is COC(=O)c1c(CN[C@H](C)c2ccc(F)c(F)c2)nc2ccccc2c1C. The van der Waals surface area contributed by atoms with Crippen molar-refractivity contribution in [2.75, 3.05) is 7.11 Å².